The molecule has 0 unspecified atom stereocenters. The van der Waals surface area contributed by atoms with Crippen LogP contribution in [0, 0.1) is 0 Å². The third kappa shape index (κ3) is 4.47. The second kappa shape index (κ2) is 9.51. The van der Waals surface area contributed by atoms with Crippen LogP contribution in [0.4, 0.5) is 10.5 Å². The Labute approximate surface area is 229 Å². The van der Waals surface area contributed by atoms with Gasteiger partial charge in [0.1, 0.15) is 11.1 Å². The van der Waals surface area contributed by atoms with E-state index in [0.717, 1.165) is 24.8 Å². The monoisotopic (exact) mass is 542 g/mol. The number of oxazole rings is 1. The van der Waals surface area contributed by atoms with Gasteiger partial charge in [0.15, 0.2) is 22.9 Å². The number of para-hydroxylation sites is 2. The first kappa shape index (κ1) is 25.6. The Bertz CT molecular complexity index is 1790. The van der Waals surface area contributed by atoms with Crippen LogP contribution in [0.25, 0.3) is 45.4 Å². The van der Waals surface area contributed by atoms with Crippen LogP contribution in [-0.2, 0) is 11.8 Å². The summed E-state index contributed by atoms with van der Waals surface area (Å²) in [4.78, 5) is 40.2. The van der Waals surface area contributed by atoms with E-state index in [1.165, 1.54) is 11.7 Å². The van der Waals surface area contributed by atoms with Crippen molar-refractivity contribution < 1.29 is 18.7 Å². The number of hydrogen-bond acceptors (Lipinski definition) is 8. The van der Waals surface area contributed by atoms with Crippen molar-refractivity contribution in [3.63, 3.8) is 0 Å². The molecule has 5 aromatic rings. The molecule has 1 aliphatic rings. The average Bonchev–Trinajstić information content (AvgIpc) is 3.45. The SMILES string of the molecule is COc1c(-c2nc3ccccc3o2)nc(-c2nc3ccc(NC(=O)OC(C)(C)C)cc3n2C2CCC2)n(C)c1=O. The zero-order valence-corrected chi connectivity index (χ0v) is 23.0. The number of nitrogens with one attached hydrogen (secondary N) is 1. The molecule has 0 bridgehead atoms. The van der Waals surface area contributed by atoms with Crippen LogP contribution in [-0.4, -0.2) is 42.9 Å². The summed E-state index contributed by atoms with van der Waals surface area (Å²) >= 11 is 0. The van der Waals surface area contributed by atoms with E-state index in [2.05, 4.69) is 14.9 Å². The summed E-state index contributed by atoms with van der Waals surface area (Å²) in [5, 5.41) is 2.81. The van der Waals surface area contributed by atoms with Gasteiger partial charge in [-0.1, -0.05) is 12.1 Å². The molecule has 1 fully saturated rings. The molecule has 206 valence electrons. The van der Waals surface area contributed by atoms with E-state index in [9.17, 15) is 9.59 Å². The van der Waals surface area contributed by atoms with Crippen molar-refractivity contribution in [2.24, 2.45) is 7.05 Å². The molecule has 11 heteroatoms. The smallest absolute Gasteiger partial charge is 0.412 e. The fourth-order valence-electron chi connectivity index (χ4n) is 4.85. The molecule has 2 aromatic carbocycles. The molecule has 1 amide bonds. The normalized spacial score (nSPS) is 13.9. The van der Waals surface area contributed by atoms with Crippen LogP contribution in [0.3, 0.4) is 0 Å². The van der Waals surface area contributed by atoms with Crippen LogP contribution in [0.2, 0.25) is 0 Å². The second-order valence-corrected chi connectivity index (χ2v) is 10.9. The zero-order chi connectivity index (χ0) is 28.2. The maximum atomic E-state index is 13.5. The number of imidazole rings is 1. The number of ether oxygens (including phenoxy) is 2. The third-order valence-electron chi connectivity index (χ3n) is 6.92. The summed E-state index contributed by atoms with van der Waals surface area (Å²) in [6.45, 7) is 5.44. The predicted molar refractivity (Wildman–Crippen MR) is 151 cm³/mol. The first-order valence-corrected chi connectivity index (χ1v) is 13.2. The molecule has 0 aliphatic heterocycles. The summed E-state index contributed by atoms with van der Waals surface area (Å²) in [6, 6.07) is 13.0. The van der Waals surface area contributed by atoms with Crippen LogP contribution >= 0.6 is 0 Å². The van der Waals surface area contributed by atoms with Gasteiger partial charge in [-0.15, -0.1) is 0 Å². The molecule has 3 heterocycles. The van der Waals surface area contributed by atoms with Crippen molar-refractivity contribution in [2.75, 3.05) is 12.4 Å². The average molecular weight is 543 g/mol. The van der Waals surface area contributed by atoms with Gasteiger partial charge in [0.05, 0.1) is 18.1 Å². The Morgan fingerprint density at radius 3 is 2.50 bits per heavy atom. The summed E-state index contributed by atoms with van der Waals surface area (Å²) in [7, 11) is 3.07. The lowest BCUT2D eigenvalue weighted by atomic mass is 9.92. The van der Waals surface area contributed by atoms with E-state index in [1.807, 2.05) is 51.1 Å². The van der Waals surface area contributed by atoms with Gasteiger partial charge in [-0.2, -0.15) is 0 Å². The summed E-state index contributed by atoms with van der Waals surface area (Å²) in [5.74, 6) is 1.11. The van der Waals surface area contributed by atoms with Crippen molar-refractivity contribution in [1.29, 1.82) is 0 Å². The van der Waals surface area contributed by atoms with E-state index < -0.39 is 11.7 Å². The Hall–Kier alpha value is -4.67. The van der Waals surface area contributed by atoms with Crippen LogP contribution < -0.4 is 15.6 Å². The number of aromatic nitrogens is 5. The van der Waals surface area contributed by atoms with Gasteiger partial charge in [-0.25, -0.2) is 19.7 Å². The van der Waals surface area contributed by atoms with Crippen molar-refractivity contribution in [1.82, 2.24) is 24.1 Å². The highest BCUT2D eigenvalue weighted by Gasteiger charge is 2.30. The molecule has 1 aliphatic carbocycles. The first-order valence-electron chi connectivity index (χ1n) is 13.2. The number of rotatable bonds is 5. The maximum absolute atomic E-state index is 13.5. The standard InChI is InChI=1S/C29H30N6O5/c1-29(2,3)40-28(37)30-16-13-14-18-20(15-16)35(17-9-8-10-17)25(31-18)24-33-22(23(38-5)27(36)34(24)4)26-32-19-11-6-7-12-21(19)39-26/h6-7,11-15,17H,8-10H2,1-5H3,(H,30,37). The van der Waals surface area contributed by atoms with Gasteiger partial charge in [-0.3, -0.25) is 14.7 Å². The molecule has 3 aromatic heterocycles. The lowest BCUT2D eigenvalue weighted by Gasteiger charge is -2.29. The Morgan fingerprint density at radius 2 is 1.82 bits per heavy atom. The number of anilines is 1. The molecule has 40 heavy (non-hydrogen) atoms. The largest absolute Gasteiger partial charge is 0.489 e. The minimum absolute atomic E-state index is 0.0351. The van der Waals surface area contributed by atoms with Gasteiger partial charge in [0.2, 0.25) is 11.6 Å². The fourth-order valence-corrected chi connectivity index (χ4v) is 4.85. The van der Waals surface area contributed by atoms with Gasteiger partial charge >= 0.3 is 6.09 Å². The van der Waals surface area contributed by atoms with Gasteiger partial charge in [-0.05, 0) is 70.4 Å². The second-order valence-electron chi connectivity index (χ2n) is 10.9. The van der Waals surface area contributed by atoms with E-state index in [0.29, 0.717) is 34.0 Å². The Morgan fingerprint density at radius 1 is 1.05 bits per heavy atom. The molecule has 0 radical (unpaired) electrons. The molecule has 6 rings (SSSR count). The summed E-state index contributed by atoms with van der Waals surface area (Å²) in [6.07, 6.45) is 2.47. The molecular formula is C29H30N6O5. The van der Waals surface area contributed by atoms with Crippen molar-refractivity contribution in [3.8, 4) is 29.0 Å². The fraction of sp³-hybridized carbons (Fsp3) is 0.345. The lowest BCUT2D eigenvalue weighted by molar-refractivity contribution is 0.0636. The Balaban J connectivity index is 1.51. The number of fused-ring (bicyclic) bond motifs is 2. The number of amides is 1. The van der Waals surface area contributed by atoms with Crippen molar-refractivity contribution >= 4 is 33.9 Å². The number of hydrogen-bond donors (Lipinski definition) is 1. The Kier molecular flexibility index (Phi) is 6.09. The van der Waals surface area contributed by atoms with E-state index in [-0.39, 0.29) is 28.9 Å². The highest BCUT2D eigenvalue weighted by molar-refractivity contribution is 5.90. The number of nitrogens with zero attached hydrogens (tertiary/aromatic N) is 5. The highest BCUT2D eigenvalue weighted by Crippen LogP contribution is 2.39. The van der Waals surface area contributed by atoms with Gasteiger partial charge in [0.25, 0.3) is 5.56 Å². The van der Waals surface area contributed by atoms with Crippen molar-refractivity contribution in [3.05, 3.63) is 52.8 Å². The molecular weight excluding hydrogens is 512 g/mol. The quantitative estimate of drug-likeness (QED) is 0.300. The maximum Gasteiger partial charge on any atom is 0.412 e. The third-order valence-corrected chi connectivity index (χ3v) is 6.92. The van der Waals surface area contributed by atoms with Crippen molar-refractivity contribution in [2.45, 2.75) is 51.7 Å². The van der Waals surface area contributed by atoms with Gasteiger partial charge < -0.3 is 18.5 Å². The molecule has 11 nitrogen and oxygen atoms in total. The number of methoxy groups -OCH3 is 1. The lowest BCUT2D eigenvalue weighted by Crippen LogP contribution is -2.27. The highest BCUT2D eigenvalue weighted by atomic mass is 16.6. The minimum atomic E-state index is -0.619. The number of carbonyl (C=O) groups excluding carboxylic acids is 1. The number of benzene rings is 2. The van der Waals surface area contributed by atoms with Crippen LogP contribution in [0.15, 0.2) is 51.7 Å². The topological polar surface area (TPSA) is 126 Å². The predicted octanol–water partition coefficient (Wildman–Crippen LogP) is 5.69. The zero-order valence-electron chi connectivity index (χ0n) is 23.0. The van der Waals surface area contributed by atoms with E-state index >= 15 is 0 Å². The minimum Gasteiger partial charge on any atom is -0.489 e. The molecule has 0 spiro atoms. The van der Waals surface area contributed by atoms with E-state index in [1.54, 1.807) is 19.2 Å². The van der Waals surface area contributed by atoms with E-state index in [4.69, 9.17) is 23.9 Å². The molecule has 0 atom stereocenters. The number of carbonyl (C=O) groups is 1. The van der Waals surface area contributed by atoms with Crippen LogP contribution in [0.1, 0.15) is 46.1 Å². The first-order chi connectivity index (χ1) is 19.1. The molecule has 0 saturated heterocycles. The van der Waals surface area contributed by atoms with Gasteiger partial charge in [0, 0.05) is 18.8 Å². The molecule has 1 N–H and O–H groups in total. The van der Waals surface area contributed by atoms with Crippen LogP contribution in [0.5, 0.6) is 5.75 Å². The summed E-state index contributed by atoms with van der Waals surface area (Å²) < 4.78 is 20.4. The summed E-state index contributed by atoms with van der Waals surface area (Å²) in [5.41, 5.74) is 2.54. The molecule has 1 saturated carbocycles.